The third kappa shape index (κ3) is 3.25. The Labute approximate surface area is 124 Å². The molecule has 0 spiro atoms. The van der Waals surface area contributed by atoms with Crippen molar-refractivity contribution in [1.29, 1.82) is 0 Å². The SMILES string of the molecule is Cc1nccc(CNC(c2cccs2)C2CCCC2)n1. The Hall–Kier alpha value is -1.26. The summed E-state index contributed by atoms with van der Waals surface area (Å²) in [5.41, 5.74) is 1.08. The van der Waals surface area contributed by atoms with Crippen LogP contribution in [0.15, 0.2) is 29.8 Å². The summed E-state index contributed by atoms with van der Waals surface area (Å²) in [6, 6.07) is 6.89. The number of nitrogens with one attached hydrogen (secondary N) is 1. The van der Waals surface area contributed by atoms with Gasteiger partial charge in [0.1, 0.15) is 5.82 Å². The van der Waals surface area contributed by atoms with Crippen molar-refractivity contribution in [2.45, 2.75) is 45.2 Å². The minimum atomic E-state index is 0.479. The van der Waals surface area contributed by atoms with Crippen LogP contribution in [0.4, 0.5) is 0 Å². The van der Waals surface area contributed by atoms with Crippen molar-refractivity contribution in [2.75, 3.05) is 0 Å². The lowest BCUT2D eigenvalue weighted by atomic mass is 9.96. The summed E-state index contributed by atoms with van der Waals surface area (Å²) in [5, 5.41) is 5.90. The quantitative estimate of drug-likeness (QED) is 0.907. The minimum Gasteiger partial charge on any atom is -0.303 e. The van der Waals surface area contributed by atoms with Gasteiger partial charge in [0.2, 0.25) is 0 Å². The third-order valence-corrected chi connectivity index (χ3v) is 5.01. The van der Waals surface area contributed by atoms with Crippen molar-refractivity contribution in [3.05, 3.63) is 46.2 Å². The molecule has 3 nitrogen and oxygen atoms in total. The Morgan fingerprint density at radius 1 is 1.35 bits per heavy atom. The first-order valence-corrected chi connectivity index (χ1v) is 8.26. The van der Waals surface area contributed by atoms with Crippen LogP contribution in [-0.4, -0.2) is 9.97 Å². The first-order chi connectivity index (χ1) is 9.83. The smallest absolute Gasteiger partial charge is 0.125 e. The molecular weight excluding hydrogens is 266 g/mol. The maximum absolute atomic E-state index is 4.48. The molecule has 1 fully saturated rings. The van der Waals surface area contributed by atoms with E-state index in [9.17, 15) is 0 Å². The normalized spacial score (nSPS) is 17.4. The number of aromatic nitrogens is 2. The number of hydrogen-bond acceptors (Lipinski definition) is 4. The van der Waals surface area contributed by atoms with E-state index in [0.29, 0.717) is 6.04 Å². The maximum Gasteiger partial charge on any atom is 0.125 e. The first kappa shape index (κ1) is 13.7. The van der Waals surface area contributed by atoms with Gasteiger partial charge >= 0.3 is 0 Å². The molecule has 0 radical (unpaired) electrons. The molecule has 0 amide bonds. The fraction of sp³-hybridized carbons (Fsp3) is 0.500. The fourth-order valence-electron chi connectivity index (χ4n) is 3.08. The highest BCUT2D eigenvalue weighted by Gasteiger charge is 2.26. The van der Waals surface area contributed by atoms with Crippen molar-refractivity contribution in [3.63, 3.8) is 0 Å². The summed E-state index contributed by atoms with van der Waals surface area (Å²) in [4.78, 5) is 10.1. The Balaban J connectivity index is 1.70. The molecule has 0 aliphatic heterocycles. The zero-order valence-corrected chi connectivity index (χ0v) is 12.7. The molecule has 0 aromatic carbocycles. The topological polar surface area (TPSA) is 37.8 Å². The van der Waals surface area contributed by atoms with Gasteiger partial charge in [-0.2, -0.15) is 0 Å². The van der Waals surface area contributed by atoms with E-state index in [1.54, 1.807) is 0 Å². The van der Waals surface area contributed by atoms with Crippen LogP contribution in [0.3, 0.4) is 0 Å². The van der Waals surface area contributed by atoms with E-state index in [-0.39, 0.29) is 0 Å². The first-order valence-electron chi connectivity index (χ1n) is 7.38. The van der Waals surface area contributed by atoms with Crippen LogP contribution in [0.5, 0.6) is 0 Å². The highest BCUT2D eigenvalue weighted by molar-refractivity contribution is 7.10. The highest BCUT2D eigenvalue weighted by atomic mass is 32.1. The monoisotopic (exact) mass is 287 g/mol. The zero-order valence-electron chi connectivity index (χ0n) is 11.9. The van der Waals surface area contributed by atoms with Gasteiger partial charge in [-0.3, -0.25) is 0 Å². The summed E-state index contributed by atoms with van der Waals surface area (Å²) in [5.74, 6) is 1.62. The summed E-state index contributed by atoms with van der Waals surface area (Å²) in [7, 11) is 0. The number of rotatable bonds is 5. The molecule has 0 saturated heterocycles. The third-order valence-electron chi connectivity index (χ3n) is 4.06. The maximum atomic E-state index is 4.48. The van der Waals surface area contributed by atoms with Crippen molar-refractivity contribution < 1.29 is 0 Å². The molecule has 2 aromatic rings. The van der Waals surface area contributed by atoms with Crippen LogP contribution >= 0.6 is 11.3 Å². The standard InChI is InChI=1S/C16H21N3S/c1-12-17-9-8-14(19-12)11-18-16(13-5-2-3-6-13)15-7-4-10-20-15/h4,7-10,13,16,18H,2-3,5-6,11H2,1H3. The van der Waals surface area contributed by atoms with Crippen molar-refractivity contribution in [2.24, 2.45) is 5.92 Å². The van der Waals surface area contributed by atoms with Crippen molar-refractivity contribution in [3.8, 4) is 0 Å². The predicted octanol–water partition coefficient (Wildman–Crippen LogP) is 3.87. The van der Waals surface area contributed by atoms with E-state index in [1.165, 1.54) is 30.6 Å². The average Bonchev–Trinajstić information content (AvgIpc) is 3.12. The lowest BCUT2D eigenvalue weighted by molar-refractivity contribution is 0.369. The van der Waals surface area contributed by atoms with E-state index in [2.05, 4.69) is 32.8 Å². The van der Waals surface area contributed by atoms with Crippen LogP contribution < -0.4 is 5.32 Å². The molecule has 3 rings (SSSR count). The van der Waals surface area contributed by atoms with Crippen LogP contribution in [-0.2, 0) is 6.54 Å². The molecule has 2 aromatic heterocycles. The number of nitrogens with zero attached hydrogens (tertiary/aromatic N) is 2. The minimum absolute atomic E-state index is 0.479. The molecule has 106 valence electrons. The molecule has 2 heterocycles. The summed E-state index contributed by atoms with van der Waals surface area (Å²) in [6.07, 6.45) is 7.29. The average molecular weight is 287 g/mol. The van der Waals surface area contributed by atoms with Gasteiger partial charge in [-0.1, -0.05) is 18.9 Å². The Morgan fingerprint density at radius 2 is 2.20 bits per heavy atom. The van der Waals surface area contributed by atoms with Gasteiger partial charge in [0.25, 0.3) is 0 Å². The van der Waals surface area contributed by atoms with Gasteiger partial charge in [-0.05, 0) is 43.2 Å². The summed E-state index contributed by atoms with van der Waals surface area (Å²) in [6.45, 7) is 2.76. The number of aryl methyl sites for hydroxylation is 1. The Kier molecular flexibility index (Phi) is 4.43. The molecule has 1 atom stereocenters. The predicted molar refractivity (Wildman–Crippen MR) is 82.6 cm³/mol. The van der Waals surface area contributed by atoms with Gasteiger partial charge in [-0.15, -0.1) is 11.3 Å². The number of hydrogen-bond donors (Lipinski definition) is 1. The van der Waals surface area contributed by atoms with Crippen molar-refractivity contribution >= 4 is 11.3 Å². The highest BCUT2D eigenvalue weighted by Crippen LogP contribution is 2.37. The lowest BCUT2D eigenvalue weighted by Gasteiger charge is -2.23. The molecule has 1 aliphatic rings. The van der Waals surface area contributed by atoms with Gasteiger partial charge in [0.15, 0.2) is 0 Å². The second kappa shape index (κ2) is 6.46. The van der Waals surface area contributed by atoms with Gasteiger partial charge < -0.3 is 5.32 Å². The molecular formula is C16H21N3S. The lowest BCUT2D eigenvalue weighted by Crippen LogP contribution is -2.26. The molecule has 1 unspecified atom stereocenters. The summed E-state index contributed by atoms with van der Waals surface area (Å²) < 4.78 is 0. The largest absolute Gasteiger partial charge is 0.303 e. The molecule has 4 heteroatoms. The number of thiophene rings is 1. The van der Waals surface area contributed by atoms with E-state index in [4.69, 9.17) is 0 Å². The van der Waals surface area contributed by atoms with Gasteiger partial charge in [0.05, 0.1) is 5.69 Å². The van der Waals surface area contributed by atoms with Crippen LogP contribution in [0.2, 0.25) is 0 Å². The van der Waals surface area contributed by atoms with Crippen molar-refractivity contribution in [1.82, 2.24) is 15.3 Å². The van der Waals surface area contributed by atoms with Gasteiger partial charge in [-0.25, -0.2) is 9.97 Å². The fourth-order valence-corrected chi connectivity index (χ4v) is 3.97. The van der Waals surface area contributed by atoms with Gasteiger partial charge in [0, 0.05) is 23.7 Å². The van der Waals surface area contributed by atoms with E-state index >= 15 is 0 Å². The molecule has 1 N–H and O–H groups in total. The molecule has 0 bridgehead atoms. The van der Waals surface area contributed by atoms with Crippen LogP contribution in [0.25, 0.3) is 0 Å². The molecule has 1 aliphatic carbocycles. The van der Waals surface area contributed by atoms with E-state index in [0.717, 1.165) is 24.0 Å². The van der Waals surface area contributed by atoms with Crippen LogP contribution in [0.1, 0.15) is 48.1 Å². The second-order valence-corrected chi connectivity index (χ2v) is 6.49. The van der Waals surface area contributed by atoms with Crippen LogP contribution in [0, 0.1) is 12.8 Å². The summed E-state index contributed by atoms with van der Waals surface area (Å²) >= 11 is 1.86. The Morgan fingerprint density at radius 3 is 2.90 bits per heavy atom. The Bertz CT molecular complexity index is 532. The second-order valence-electron chi connectivity index (χ2n) is 5.51. The molecule has 20 heavy (non-hydrogen) atoms. The zero-order chi connectivity index (χ0) is 13.8. The molecule has 1 saturated carbocycles. The van der Waals surface area contributed by atoms with E-state index in [1.807, 2.05) is 30.5 Å². The van der Waals surface area contributed by atoms with E-state index < -0.39 is 0 Å².